The number of pyridine rings is 1. The molecule has 6 rings (SSSR count). The Bertz CT molecular complexity index is 1190. The predicted molar refractivity (Wildman–Crippen MR) is 113 cm³/mol. The van der Waals surface area contributed by atoms with Crippen LogP contribution in [0.4, 0.5) is 0 Å². The van der Waals surface area contributed by atoms with Crippen molar-refractivity contribution in [2.24, 2.45) is 0 Å². The molecule has 0 bridgehead atoms. The molecule has 5 heterocycles. The van der Waals surface area contributed by atoms with E-state index in [9.17, 15) is 0 Å². The van der Waals surface area contributed by atoms with Crippen molar-refractivity contribution in [2.45, 2.75) is 12.6 Å². The second-order valence-electron chi connectivity index (χ2n) is 7.48. The Labute approximate surface area is 177 Å². The normalized spacial score (nSPS) is 18.9. The van der Waals surface area contributed by atoms with Crippen molar-refractivity contribution in [3.63, 3.8) is 0 Å². The first kappa shape index (κ1) is 17.9. The molecule has 0 amide bonds. The molecule has 2 aliphatic rings. The number of rotatable bonds is 4. The van der Waals surface area contributed by atoms with Crippen molar-refractivity contribution in [2.75, 3.05) is 26.5 Å². The van der Waals surface area contributed by atoms with E-state index in [0.29, 0.717) is 13.4 Å². The van der Waals surface area contributed by atoms with Crippen LogP contribution in [0.25, 0.3) is 16.0 Å². The second-order valence-corrected chi connectivity index (χ2v) is 8.43. The Hall–Kier alpha value is -2.94. The lowest BCUT2D eigenvalue weighted by Crippen LogP contribution is -2.38. The molecule has 2 aliphatic heterocycles. The molecule has 0 saturated carbocycles. The van der Waals surface area contributed by atoms with Crippen molar-refractivity contribution in [1.82, 2.24) is 19.7 Å². The summed E-state index contributed by atoms with van der Waals surface area (Å²) in [5.74, 6) is 1.64. The molecule has 152 valence electrons. The molecule has 1 fully saturated rings. The Balaban J connectivity index is 1.21. The van der Waals surface area contributed by atoms with Crippen molar-refractivity contribution in [3.05, 3.63) is 65.3 Å². The summed E-state index contributed by atoms with van der Waals surface area (Å²) in [5, 5.41) is 10.9. The summed E-state index contributed by atoms with van der Waals surface area (Å²) in [6, 6.07) is 14.5. The molecular weight excluding hydrogens is 400 g/mol. The number of fused-ring (bicyclic) bond motifs is 2. The summed E-state index contributed by atoms with van der Waals surface area (Å²) in [7, 11) is 0. The van der Waals surface area contributed by atoms with Crippen molar-refractivity contribution in [3.8, 4) is 21.9 Å². The average molecular weight is 420 g/mol. The first-order chi connectivity index (χ1) is 14.8. The van der Waals surface area contributed by atoms with E-state index in [1.165, 1.54) is 10.4 Å². The number of benzene rings is 1. The third-order valence-corrected chi connectivity index (χ3v) is 6.46. The van der Waals surface area contributed by atoms with Crippen molar-refractivity contribution in [1.29, 1.82) is 0 Å². The van der Waals surface area contributed by atoms with Gasteiger partial charge >= 0.3 is 0 Å². The number of ether oxygens (including phenoxy) is 3. The minimum atomic E-state index is -0.0992. The van der Waals surface area contributed by atoms with Crippen LogP contribution in [-0.2, 0) is 11.3 Å². The van der Waals surface area contributed by atoms with Gasteiger partial charge in [0.15, 0.2) is 11.5 Å². The Morgan fingerprint density at radius 2 is 2.07 bits per heavy atom. The van der Waals surface area contributed by atoms with E-state index in [-0.39, 0.29) is 6.10 Å². The van der Waals surface area contributed by atoms with Crippen LogP contribution in [-0.4, -0.2) is 46.2 Å². The lowest BCUT2D eigenvalue weighted by molar-refractivity contribution is -0.0343. The molecule has 1 saturated heterocycles. The summed E-state index contributed by atoms with van der Waals surface area (Å²) in [5.41, 5.74) is 4.23. The molecule has 8 heteroatoms. The Kier molecular flexibility index (Phi) is 4.40. The number of morpholine rings is 1. The standard InChI is InChI=1S/C22H20N4O3S/c1-2-21(30-9-1)16-4-5-17-22(23-24-26(17)12-16)20-13-25(7-8-27-20)11-15-3-6-18-19(10-15)29-14-28-18/h1-6,9-10,12,20H,7-8,11,13-14H2/t20-/m1/s1. The highest BCUT2D eigenvalue weighted by molar-refractivity contribution is 7.13. The maximum Gasteiger partial charge on any atom is 0.231 e. The van der Waals surface area contributed by atoms with Crippen LogP contribution in [0.5, 0.6) is 11.5 Å². The molecule has 30 heavy (non-hydrogen) atoms. The van der Waals surface area contributed by atoms with Gasteiger partial charge in [0.2, 0.25) is 6.79 Å². The van der Waals surface area contributed by atoms with Gasteiger partial charge in [0.05, 0.1) is 12.1 Å². The van der Waals surface area contributed by atoms with Crippen LogP contribution in [0.1, 0.15) is 17.4 Å². The molecule has 0 spiro atoms. The zero-order chi connectivity index (χ0) is 19.9. The smallest absolute Gasteiger partial charge is 0.231 e. The largest absolute Gasteiger partial charge is 0.454 e. The predicted octanol–water partition coefficient (Wildman–Crippen LogP) is 3.76. The van der Waals surface area contributed by atoms with Crippen molar-refractivity contribution < 1.29 is 14.2 Å². The minimum Gasteiger partial charge on any atom is -0.454 e. The van der Waals surface area contributed by atoms with E-state index in [2.05, 4.69) is 57.0 Å². The minimum absolute atomic E-state index is 0.0992. The fraction of sp³-hybridized carbons (Fsp3) is 0.273. The van der Waals surface area contributed by atoms with Gasteiger partial charge in [0, 0.05) is 36.3 Å². The number of thiophene rings is 1. The van der Waals surface area contributed by atoms with Crippen LogP contribution in [0, 0.1) is 0 Å². The zero-order valence-corrected chi connectivity index (χ0v) is 17.0. The summed E-state index contributed by atoms with van der Waals surface area (Å²) >= 11 is 1.72. The molecule has 0 N–H and O–H groups in total. The van der Waals surface area contributed by atoms with Gasteiger partial charge in [-0.25, -0.2) is 4.52 Å². The summed E-state index contributed by atoms with van der Waals surface area (Å²) < 4.78 is 18.8. The third-order valence-electron chi connectivity index (χ3n) is 5.54. The van der Waals surface area contributed by atoms with Crippen LogP contribution < -0.4 is 9.47 Å². The third kappa shape index (κ3) is 3.23. The highest BCUT2D eigenvalue weighted by atomic mass is 32.1. The highest BCUT2D eigenvalue weighted by Crippen LogP contribution is 2.33. The van der Waals surface area contributed by atoms with E-state index >= 15 is 0 Å². The van der Waals surface area contributed by atoms with Crippen LogP contribution in [0.3, 0.4) is 0 Å². The molecule has 7 nitrogen and oxygen atoms in total. The van der Waals surface area contributed by atoms with Crippen LogP contribution in [0.15, 0.2) is 54.0 Å². The second kappa shape index (κ2) is 7.39. The van der Waals surface area contributed by atoms with Crippen molar-refractivity contribution >= 4 is 16.9 Å². The van der Waals surface area contributed by atoms with Gasteiger partial charge in [-0.3, -0.25) is 4.90 Å². The zero-order valence-electron chi connectivity index (χ0n) is 16.2. The van der Waals surface area contributed by atoms with Gasteiger partial charge in [0.1, 0.15) is 11.8 Å². The van der Waals surface area contributed by atoms with Gasteiger partial charge in [-0.1, -0.05) is 17.3 Å². The maximum atomic E-state index is 6.07. The molecule has 4 aromatic rings. The van der Waals surface area contributed by atoms with Gasteiger partial charge in [-0.15, -0.1) is 16.4 Å². The van der Waals surface area contributed by atoms with E-state index in [1.54, 1.807) is 11.3 Å². The Morgan fingerprint density at radius 3 is 3.00 bits per heavy atom. The van der Waals surface area contributed by atoms with Gasteiger partial charge in [-0.05, 0) is 41.3 Å². The number of aromatic nitrogens is 3. The van der Waals surface area contributed by atoms with Crippen LogP contribution in [0.2, 0.25) is 0 Å². The number of hydrogen-bond donors (Lipinski definition) is 0. The molecular formula is C22H20N4O3S. The quantitative estimate of drug-likeness (QED) is 0.501. The molecule has 1 atom stereocenters. The molecule has 0 aliphatic carbocycles. The van der Waals surface area contributed by atoms with Gasteiger partial charge in [-0.2, -0.15) is 0 Å². The van der Waals surface area contributed by atoms with E-state index in [1.807, 2.05) is 16.8 Å². The lowest BCUT2D eigenvalue weighted by Gasteiger charge is -2.32. The average Bonchev–Trinajstić information content (AvgIpc) is 3.53. The first-order valence-corrected chi connectivity index (χ1v) is 10.8. The number of nitrogens with zero attached hydrogens (tertiary/aromatic N) is 4. The maximum absolute atomic E-state index is 6.07. The van der Waals surface area contributed by atoms with E-state index in [0.717, 1.165) is 47.9 Å². The Morgan fingerprint density at radius 1 is 1.10 bits per heavy atom. The molecule has 1 aromatic carbocycles. The molecule has 0 unspecified atom stereocenters. The number of hydrogen-bond acceptors (Lipinski definition) is 7. The molecule has 0 radical (unpaired) electrons. The van der Waals surface area contributed by atoms with E-state index in [4.69, 9.17) is 14.2 Å². The topological polar surface area (TPSA) is 61.1 Å². The molecule has 3 aromatic heterocycles. The summed E-state index contributed by atoms with van der Waals surface area (Å²) in [4.78, 5) is 3.61. The first-order valence-electron chi connectivity index (χ1n) is 9.95. The SMILES string of the molecule is c1csc(-c2ccc3c([C@H]4CN(Cc5ccc6c(c5)OCO6)CCO4)nnn3c2)c1. The fourth-order valence-corrected chi connectivity index (χ4v) is 4.76. The monoisotopic (exact) mass is 420 g/mol. The fourth-order valence-electron chi connectivity index (χ4n) is 4.04. The van der Waals surface area contributed by atoms with Crippen LogP contribution >= 0.6 is 11.3 Å². The summed E-state index contributed by atoms with van der Waals surface area (Å²) in [6.45, 7) is 3.45. The lowest BCUT2D eigenvalue weighted by atomic mass is 10.1. The van der Waals surface area contributed by atoms with Gasteiger partial charge in [0.25, 0.3) is 0 Å². The van der Waals surface area contributed by atoms with Gasteiger partial charge < -0.3 is 14.2 Å². The highest BCUT2D eigenvalue weighted by Gasteiger charge is 2.26. The van der Waals surface area contributed by atoms with E-state index < -0.39 is 0 Å². The summed E-state index contributed by atoms with van der Waals surface area (Å²) in [6.07, 6.45) is 1.93.